The average molecular weight is 410 g/mol. The lowest BCUT2D eigenvalue weighted by molar-refractivity contribution is -0.152. The predicted molar refractivity (Wildman–Crippen MR) is 98.1 cm³/mol. The number of carbonyl (C=O) groups is 2. The Kier molecular flexibility index (Phi) is 7.61. The first-order valence-electron chi connectivity index (χ1n) is 8.24. The van der Waals surface area contributed by atoms with Crippen LogP contribution in [0.15, 0.2) is 53.4 Å². The van der Waals surface area contributed by atoms with Gasteiger partial charge >= 0.3 is 5.97 Å². The molecule has 0 aliphatic carbocycles. The fourth-order valence-electron chi connectivity index (χ4n) is 2.15. The van der Waals surface area contributed by atoms with Crippen molar-refractivity contribution in [3.05, 3.63) is 59.9 Å². The highest BCUT2D eigenvalue weighted by Gasteiger charge is 2.16. The van der Waals surface area contributed by atoms with Crippen molar-refractivity contribution in [1.82, 2.24) is 4.89 Å². The van der Waals surface area contributed by atoms with E-state index in [0.29, 0.717) is 5.69 Å². The monoisotopic (exact) mass is 410 g/mol. The molecule has 28 heavy (non-hydrogen) atoms. The van der Waals surface area contributed by atoms with Crippen LogP contribution in [0.3, 0.4) is 0 Å². The largest absolute Gasteiger partial charge is 0.454 e. The zero-order valence-electron chi connectivity index (χ0n) is 15.0. The third-order valence-corrected chi connectivity index (χ3v) is 4.75. The molecule has 150 valence electrons. The van der Waals surface area contributed by atoms with Crippen molar-refractivity contribution < 1.29 is 32.0 Å². The number of rotatable bonds is 9. The third-order valence-electron chi connectivity index (χ3n) is 3.52. The molecule has 0 saturated heterocycles. The summed E-state index contributed by atoms with van der Waals surface area (Å²) in [4.78, 5) is 29.5. The Hall–Kier alpha value is -2.82. The number of benzene rings is 2. The maximum absolute atomic E-state index is 12.8. The number of hydrogen-bond acceptors (Lipinski definition) is 6. The fraction of sp³-hybridized carbons (Fsp3) is 0.222. The number of halogens is 1. The number of sulfonamides is 1. The maximum Gasteiger partial charge on any atom is 0.334 e. The molecular formula is C18H19FN2O6S. The molecule has 10 heteroatoms. The Bertz CT molecular complexity index is 931. The van der Waals surface area contributed by atoms with Crippen LogP contribution in [0.4, 0.5) is 10.1 Å². The molecule has 8 nitrogen and oxygen atoms in total. The zero-order valence-corrected chi connectivity index (χ0v) is 15.8. The first kappa shape index (κ1) is 21.5. The number of aryl methyl sites for hydroxylation is 1. The fourth-order valence-corrected chi connectivity index (χ4v) is 2.96. The van der Waals surface area contributed by atoms with E-state index in [4.69, 9.17) is 4.74 Å². The first-order chi connectivity index (χ1) is 13.3. The van der Waals surface area contributed by atoms with E-state index >= 15 is 0 Å². The smallest absolute Gasteiger partial charge is 0.334 e. The van der Waals surface area contributed by atoms with Crippen molar-refractivity contribution >= 4 is 27.6 Å². The standard InChI is InChI=1S/C18H19FN2O6S/c1-2-13-5-3-4-6-16(13)20-17(22)11-26-18(23)12-27-21-28(24,25)15-9-7-14(19)8-10-15/h3-10,21H,2,11-12H2,1H3,(H,20,22). The molecule has 0 radical (unpaired) electrons. The van der Waals surface area contributed by atoms with Gasteiger partial charge in [-0.3, -0.25) is 9.63 Å². The first-order valence-corrected chi connectivity index (χ1v) is 9.72. The van der Waals surface area contributed by atoms with E-state index in [1.165, 1.54) is 0 Å². The summed E-state index contributed by atoms with van der Waals surface area (Å²) in [6, 6.07) is 11.2. The van der Waals surface area contributed by atoms with Crippen molar-refractivity contribution in [2.45, 2.75) is 18.2 Å². The van der Waals surface area contributed by atoms with Gasteiger partial charge in [0.2, 0.25) is 0 Å². The lowest BCUT2D eigenvalue weighted by Gasteiger charge is -2.10. The van der Waals surface area contributed by atoms with Gasteiger partial charge in [-0.05, 0) is 42.3 Å². The molecular weight excluding hydrogens is 391 g/mol. The molecule has 0 atom stereocenters. The van der Waals surface area contributed by atoms with Crippen LogP contribution in [0.25, 0.3) is 0 Å². The third kappa shape index (κ3) is 6.41. The van der Waals surface area contributed by atoms with Gasteiger partial charge in [-0.1, -0.05) is 30.0 Å². The number of para-hydroxylation sites is 1. The van der Waals surface area contributed by atoms with Gasteiger partial charge in [-0.2, -0.15) is 0 Å². The second-order valence-corrected chi connectivity index (χ2v) is 7.19. The molecule has 0 heterocycles. The second-order valence-electron chi connectivity index (χ2n) is 5.55. The van der Waals surface area contributed by atoms with E-state index in [-0.39, 0.29) is 4.90 Å². The summed E-state index contributed by atoms with van der Waals surface area (Å²) in [5.74, 6) is -2.08. The van der Waals surface area contributed by atoms with Crippen molar-refractivity contribution in [3.8, 4) is 0 Å². The van der Waals surface area contributed by atoms with Crippen molar-refractivity contribution in [2.75, 3.05) is 18.5 Å². The summed E-state index contributed by atoms with van der Waals surface area (Å²) in [5.41, 5.74) is 1.55. The highest BCUT2D eigenvalue weighted by atomic mass is 32.2. The number of nitrogens with one attached hydrogen (secondary N) is 2. The number of hydrogen-bond donors (Lipinski definition) is 2. The molecule has 2 aromatic rings. The number of esters is 1. The molecule has 2 aromatic carbocycles. The van der Waals surface area contributed by atoms with Gasteiger partial charge < -0.3 is 10.1 Å². The average Bonchev–Trinajstić information content (AvgIpc) is 2.67. The minimum Gasteiger partial charge on any atom is -0.454 e. The van der Waals surface area contributed by atoms with Gasteiger partial charge in [0.25, 0.3) is 15.9 Å². The molecule has 2 rings (SSSR count). The van der Waals surface area contributed by atoms with Crippen LogP contribution in [-0.4, -0.2) is 33.5 Å². The highest BCUT2D eigenvalue weighted by Crippen LogP contribution is 2.15. The topological polar surface area (TPSA) is 111 Å². The number of ether oxygens (including phenoxy) is 1. The molecule has 0 aliphatic heterocycles. The van der Waals surface area contributed by atoms with Gasteiger partial charge in [-0.15, -0.1) is 0 Å². The van der Waals surface area contributed by atoms with Crippen LogP contribution < -0.4 is 10.2 Å². The SMILES string of the molecule is CCc1ccccc1NC(=O)COC(=O)CONS(=O)(=O)c1ccc(F)cc1. The molecule has 0 saturated carbocycles. The summed E-state index contributed by atoms with van der Waals surface area (Å²) >= 11 is 0. The van der Waals surface area contributed by atoms with Crippen LogP contribution in [0.2, 0.25) is 0 Å². The lowest BCUT2D eigenvalue weighted by Crippen LogP contribution is -2.29. The van der Waals surface area contributed by atoms with E-state index in [0.717, 1.165) is 36.2 Å². The Labute approximate surface area is 161 Å². The van der Waals surface area contributed by atoms with E-state index in [9.17, 15) is 22.4 Å². The van der Waals surface area contributed by atoms with E-state index in [2.05, 4.69) is 10.2 Å². The summed E-state index contributed by atoms with van der Waals surface area (Å²) < 4.78 is 41.3. The minimum atomic E-state index is -4.08. The molecule has 0 aliphatic rings. The number of carbonyl (C=O) groups excluding carboxylic acids is 2. The van der Waals surface area contributed by atoms with Crippen molar-refractivity contribution in [3.63, 3.8) is 0 Å². The number of amides is 1. The van der Waals surface area contributed by atoms with E-state index < -0.39 is 40.9 Å². The molecule has 0 unspecified atom stereocenters. The molecule has 0 spiro atoms. The van der Waals surface area contributed by atoms with Gasteiger partial charge in [0.1, 0.15) is 5.82 Å². The van der Waals surface area contributed by atoms with Gasteiger partial charge in [-0.25, -0.2) is 17.6 Å². The van der Waals surface area contributed by atoms with E-state index in [1.54, 1.807) is 17.0 Å². The Morgan fingerprint density at radius 3 is 2.39 bits per heavy atom. The van der Waals surface area contributed by atoms with E-state index in [1.807, 2.05) is 19.1 Å². The Morgan fingerprint density at radius 2 is 1.71 bits per heavy atom. The van der Waals surface area contributed by atoms with Gasteiger partial charge in [0.15, 0.2) is 13.2 Å². The molecule has 2 N–H and O–H groups in total. The van der Waals surface area contributed by atoms with Crippen LogP contribution in [0, 0.1) is 5.82 Å². The van der Waals surface area contributed by atoms with Gasteiger partial charge in [0, 0.05) is 5.69 Å². The summed E-state index contributed by atoms with van der Waals surface area (Å²) in [6.07, 6.45) is 0.721. The van der Waals surface area contributed by atoms with Crippen LogP contribution in [0.5, 0.6) is 0 Å². The predicted octanol–water partition coefficient (Wildman–Crippen LogP) is 1.78. The zero-order chi connectivity index (χ0) is 20.6. The van der Waals surface area contributed by atoms with Gasteiger partial charge in [0.05, 0.1) is 4.90 Å². The summed E-state index contributed by atoms with van der Waals surface area (Å²) in [5, 5.41) is 2.62. The maximum atomic E-state index is 12.8. The molecule has 0 aromatic heterocycles. The minimum absolute atomic E-state index is 0.240. The summed E-state index contributed by atoms with van der Waals surface area (Å²) in [7, 11) is -4.08. The number of anilines is 1. The molecule has 0 fully saturated rings. The Balaban J connectivity index is 1.75. The van der Waals surface area contributed by atoms with Crippen LogP contribution >= 0.6 is 0 Å². The Morgan fingerprint density at radius 1 is 1.04 bits per heavy atom. The second kappa shape index (κ2) is 9.93. The molecule has 0 bridgehead atoms. The quantitative estimate of drug-likeness (QED) is 0.482. The molecule has 1 amide bonds. The lowest BCUT2D eigenvalue weighted by atomic mass is 10.1. The van der Waals surface area contributed by atoms with Crippen molar-refractivity contribution in [2.24, 2.45) is 0 Å². The normalized spacial score (nSPS) is 11.1. The van der Waals surface area contributed by atoms with Crippen LogP contribution in [-0.2, 0) is 35.6 Å². The highest BCUT2D eigenvalue weighted by molar-refractivity contribution is 7.89. The van der Waals surface area contributed by atoms with Crippen LogP contribution in [0.1, 0.15) is 12.5 Å². The van der Waals surface area contributed by atoms with Crippen molar-refractivity contribution in [1.29, 1.82) is 0 Å². The summed E-state index contributed by atoms with van der Waals surface area (Å²) in [6.45, 7) is 0.638.